The molecule has 0 unspecified atom stereocenters. The fourth-order valence-corrected chi connectivity index (χ4v) is 2.28. The molecule has 1 aromatic rings. The topological polar surface area (TPSA) is 63.9 Å². The van der Waals surface area contributed by atoms with Crippen LogP contribution in [0.4, 0.5) is 5.82 Å². The van der Waals surface area contributed by atoms with Gasteiger partial charge in [0.1, 0.15) is 18.0 Å². The van der Waals surface area contributed by atoms with E-state index >= 15 is 0 Å². The number of piperazine rings is 1. The molecule has 1 aliphatic rings. The third-order valence-corrected chi connectivity index (χ3v) is 3.56. The normalized spacial score (nSPS) is 18.1. The van der Waals surface area contributed by atoms with Crippen LogP contribution in [0.15, 0.2) is 18.3 Å². The molecule has 1 aromatic heterocycles. The molecule has 18 heavy (non-hydrogen) atoms. The first-order chi connectivity index (χ1) is 8.78. The third kappa shape index (κ3) is 4.11. The maximum absolute atomic E-state index is 5.56. The number of pyridine rings is 1. The predicted octanol–water partition coefficient (Wildman–Crippen LogP) is 0.923. The molecule has 6 nitrogen and oxygen atoms in total. The molecule has 0 saturated carbocycles. The Morgan fingerprint density at radius 2 is 2.11 bits per heavy atom. The molecule has 2 N–H and O–H groups in total. The Morgan fingerprint density at radius 1 is 1.33 bits per heavy atom. The number of aromatic nitrogens is 1. The van der Waals surface area contributed by atoms with Crippen LogP contribution in [0.5, 0.6) is 0 Å². The van der Waals surface area contributed by atoms with Crippen molar-refractivity contribution in [2.24, 2.45) is 0 Å². The largest absolute Gasteiger partial charge is 0.384 e. The lowest BCUT2D eigenvalue weighted by molar-refractivity contribution is -0.164. The average Bonchev–Trinajstić information content (AvgIpc) is 2.41. The van der Waals surface area contributed by atoms with E-state index in [0.29, 0.717) is 5.82 Å². The van der Waals surface area contributed by atoms with Crippen LogP contribution in [0.1, 0.15) is 5.56 Å². The molecular weight excluding hydrogens is 252 g/mol. The van der Waals surface area contributed by atoms with Crippen molar-refractivity contribution in [2.75, 3.05) is 39.0 Å². The summed E-state index contributed by atoms with van der Waals surface area (Å²) in [5.74, 6) is 0.566. The van der Waals surface area contributed by atoms with Crippen LogP contribution in [0, 0.1) is 0 Å². The molecule has 100 valence electrons. The third-order valence-electron chi connectivity index (χ3n) is 2.79. The summed E-state index contributed by atoms with van der Waals surface area (Å²) in [6.07, 6.45) is 1.84. The van der Waals surface area contributed by atoms with Crippen molar-refractivity contribution < 1.29 is 9.22 Å². The zero-order valence-corrected chi connectivity index (χ0v) is 11.2. The van der Waals surface area contributed by atoms with Crippen LogP contribution >= 0.6 is 12.2 Å². The van der Waals surface area contributed by atoms with E-state index < -0.39 is 0 Å². The Kier molecular flexibility index (Phi) is 5.21. The van der Waals surface area contributed by atoms with E-state index in [-0.39, 0.29) is 0 Å². The Balaban J connectivity index is 1.74. The van der Waals surface area contributed by atoms with Gasteiger partial charge in [-0.05, 0) is 11.6 Å². The molecule has 1 saturated heterocycles. The van der Waals surface area contributed by atoms with Gasteiger partial charge in [-0.25, -0.2) is 14.2 Å². The van der Waals surface area contributed by atoms with Gasteiger partial charge in [0.25, 0.3) is 0 Å². The molecule has 0 radical (unpaired) electrons. The smallest absolute Gasteiger partial charge is 0.123 e. The van der Waals surface area contributed by atoms with E-state index in [1.54, 1.807) is 0 Å². The minimum Gasteiger partial charge on any atom is -0.384 e. The van der Waals surface area contributed by atoms with Gasteiger partial charge >= 0.3 is 0 Å². The van der Waals surface area contributed by atoms with Gasteiger partial charge in [0.2, 0.25) is 0 Å². The van der Waals surface area contributed by atoms with Gasteiger partial charge in [0, 0.05) is 38.9 Å². The SMILES string of the molecule is COOSN1CCN(Cc2ccc(N)nc2)CC1. The van der Waals surface area contributed by atoms with Gasteiger partial charge in [-0.3, -0.25) is 4.90 Å². The molecule has 1 fully saturated rings. The monoisotopic (exact) mass is 270 g/mol. The van der Waals surface area contributed by atoms with Crippen molar-refractivity contribution in [1.29, 1.82) is 0 Å². The van der Waals surface area contributed by atoms with E-state index in [1.807, 2.05) is 18.3 Å². The van der Waals surface area contributed by atoms with E-state index in [4.69, 9.17) is 10.1 Å². The van der Waals surface area contributed by atoms with Gasteiger partial charge in [-0.1, -0.05) is 6.07 Å². The summed E-state index contributed by atoms with van der Waals surface area (Å²) in [6, 6.07) is 3.87. The summed E-state index contributed by atoms with van der Waals surface area (Å²) in [4.78, 5) is 11.1. The highest BCUT2D eigenvalue weighted by Crippen LogP contribution is 2.16. The van der Waals surface area contributed by atoms with Crippen LogP contribution in [-0.2, 0) is 15.8 Å². The van der Waals surface area contributed by atoms with Gasteiger partial charge in [0.05, 0.1) is 7.11 Å². The average molecular weight is 270 g/mol. The molecule has 2 rings (SSSR count). The second-order valence-electron chi connectivity index (χ2n) is 4.11. The highest BCUT2D eigenvalue weighted by atomic mass is 32.2. The number of hydrogen-bond acceptors (Lipinski definition) is 7. The summed E-state index contributed by atoms with van der Waals surface area (Å²) in [7, 11) is 1.51. The van der Waals surface area contributed by atoms with E-state index in [1.165, 1.54) is 24.9 Å². The van der Waals surface area contributed by atoms with Gasteiger partial charge in [-0.15, -0.1) is 4.33 Å². The number of nitrogens with zero attached hydrogens (tertiary/aromatic N) is 3. The summed E-state index contributed by atoms with van der Waals surface area (Å²) in [6.45, 7) is 4.83. The number of hydrogen-bond donors (Lipinski definition) is 1. The Bertz CT molecular complexity index is 355. The lowest BCUT2D eigenvalue weighted by atomic mass is 10.2. The molecule has 0 bridgehead atoms. The van der Waals surface area contributed by atoms with E-state index in [9.17, 15) is 0 Å². The minimum absolute atomic E-state index is 0.566. The fraction of sp³-hybridized carbons (Fsp3) is 0.545. The fourth-order valence-electron chi connectivity index (χ4n) is 1.82. The highest BCUT2D eigenvalue weighted by molar-refractivity contribution is 7.92. The van der Waals surface area contributed by atoms with E-state index in [0.717, 1.165) is 32.7 Å². The molecular formula is C11H18N4O2S. The zero-order valence-electron chi connectivity index (χ0n) is 10.4. The van der Waals surface area contributed by atoms with Crippen molar-refractivity contribution in [2.45, 2.75) is 6.54 Å². The Hall–Kier alpha value is -0.860. The van der Waals surface area contributed by atoms with Crippen molar-refractivity contribution in [3.8, 4) is 0 Å². The van der Waals surface area contributed by atoms with Crippen LogP contribution in [0.25, 0.3) is 0 Å². The highest BCUT2D eigenvalue weighted by Gasteiger charge is 2.18. The van der Waals surface area contributed by atoms with Crippen molar-refractivity contribution in [3.63, 3.8) is 0 Å². The molecule has 0 aliphatic carbocycles. The summed E-state index contributed by atoms with van der Waals surface area (Å²) < 4.78 is 6.98. The van der Waals surface area contributed by atoms with Crippen molar-refractivity contribution in [1.82, 2.24) is 14.2 Å². The Labute approximate surface area is 111 Å². The summed E-state index contributed by atoms with van der Waals surface area (Å²) in [5.41, 5.74) is 6.76. The van der Waals surface area contributed by atoms with Crippen LogP contribution < -0.4 is 5.73 Å². The number of nitrogens with two attached hydrogens (primary N) is 1. The molecule has 0 atom stereocenters. The van der Waals surface area contributed by atoms with E-state index in [2.05, 4.69) is 19.1 Å². The van der Waals surface area contributed by atoms with Crippen LogP contribution in [0.3, 0.4) is 0 Å². The van der Waals surface area contributed by atoms with Crippen LogP contribution in [-0.4, -0.2) is 47.5 Å². The lowest BCUT2D eigenvalue weighted by Crippen LogP contribution is -2.42. The molecule has 7 heteroatoms. The molecule has 0 aromatic carbocycles. The van der Waals surface area contributed by atoms with Crippen LogP contribution in [0.2, 0.25) is 0 Å². The molecule has 0 amide bonds. The number of nitrogen functional groups attached to an aromatic ring is 1. The minimum atomic E-state index is 0.566. The van der Waals surface area contributed by atoms with Gasteiger partial charge in [-0.2, -0.15) is 0 Å². The van der Waals surface area contributed by atoms with Gasteiger partial charge in [0.15, 0.2) is 0 Å². The zero-order chi connectivity index (χ0) is 12.8. The van der Waals surface area contributed by atoms with Crippen molar-refractivity contribution in [3.05, 3.63) is 23.9 Å². The molecule has 0 spiro atoms. The second-order valence-corrected chi connectivity index (χ2v) is 4.91. The first-order valence-corrected chi connectivity index (χ1v) is 6.53. The van der Waals surface area contributed by atoms with Gasteiger partial charge < -0.3 is 5.73 Å². The second kappa shape index (κ2) is 6.91. The predicted molar refractivity (Wildman–Crippen MR) is 71.2 cm³/mol. The maximum atomic E-state index is 5.56. The van der Waals surface area contributed by atoms with Crippen molar-refractivity contribution >= 4 is 18.0 Å². The molecule has 1 aliphatic heterocycles. The number of anilines is 1. The summed E-state index contributed by atoms with van der Waals surface area (Å²) in [5, 5.41) is 0. The first-order valence-electron chi connectivity index (χ1n) is 5.83. The number of rotatable bonds is 5. The summed E-state index contributed by atoms with van der Waals surface area (Å²) >= 11 is 1.26. The molecule has 2 heterocycles. The first kappa shape index (κ1) is 13.6. The maximum Gasteiger partial charge on any atom is 0.123 e. The quantitative estimate of drug-likeness (QED) is 0.369. The standard InChI is InChI=1S/C11H18N4O2S/c1-16-17-18-15-6-4-14(5-7-15)9-10-2-3-11(12)13-8-10/h2-3,8H,4-7,9H2,1H3,(H2,12,13). The Morgan fingerprint density at radius 3 is 2.72 bits per heavy atom. The lowest BCUT2D eigenvalue weighted by Gasteiger charge is -2.32.